The zero-order chi connectivity index (χ0) is 18.8. The number of nitrogens with one attached hydrogen (secondary N) is 1. The number of anilines is 1. The molecular formula is C21H15N5O. The molecule has 0 aliphatic heterocycles. The highest BCUT2D eigenvalue weighted by atomic mass is 16.1. The van der Waals surface area contributed by atoms with E-state index in [1.165, 1.54) is 0 Å². The number of fused-ring (bicyclic) bond motifs is 1. The average molecular weight is 353 g/mol. The first kappa shape index (κ1) is 16.5. The van der Waals surface area contributed by atoms with Gasteiger partial charge in [0, 0.05) is 29.8 Å². The SMILES string of the molecule is Cc1ccc(C(=O)Nc2ccc(-c3cn4cc(C#N)ccc4n3)cc2)nc1. The fourth-order valence-electron chi connectivity index (χ4n) is 2.72. The highest BCUT2D eigenvalue weighted by molar-refractivity contribution is 6.02. The standard InChI is InChI=1S/C21H15N5O/c1-14-2-8-18(23-11-14)21(27)24-17-6-4-16(5-7-17)19-13-26-12-15(10-22)3-9-20(26)25-19/h2-9,11-13H,1H3,(H,24,27). The molecule has 1 N–H and O–H groups in total. The molecule has 1 aromatic carbocycles. The summed E-state index contributed by atoms with van der Waals surface area (Å²) in [6.45, 7) is 1.92. The van der Waals surface area contributed by atoms with Gasteiger partial charge >= 0.3 is 0 Å². The minimum Gasteiger partial charge on any atom is -0.321 e. The first-order valence-electron chi connectivity index (χ1n) is 8.36. The van der Waals surface area contributed by atoms with Crippen molar-refractivity contribution in [2.45, 2.75) is 6.92 Å². The highest BCUT2D eigenvalue weighted by Crippen LogP contribution is 2.22. The van der Waals surface area contributed by atoms with Crippen LogP contribution in [0.2, 0.25) is 0 Å². The van der Waals surface area contributed by atoms with Crippen molar-refractivity contribution in [2.24, 2.45) is 0 Å². The van der Waals surface area contributed by atoms with E-state index < -0.39 is 0 Å². The van der Waals surface area contributed by atoms with Crippen molar-refractivity contribution in [3.63, 3.8) is 0 Å². The molecule has 3 heterocycles. The smallest absolute Gasteiger partial charge is 0.274 e. The second-order valence-electron chi connectivity index (χ2n) is 6.17. The van der Waals surface area contributed by atoms with Crippen LogP contribution >= 0.6 is 0 Å². The van der Waals surface area contributed by atoms with Crippen molar-refractivity contribution in [2.75, 3.05) is 5.32 Å². The molecule has 3 aromatic heterocycles. The van der Waals surface area contributed by atoms with E-state index in [9.17, 15) is 4.79 Å². The Kier molecular flexibility index (Phi) is 4.11. The predicted molar refractivity (Wildman–Crippen MR) is 102 cm³/mol. The minimum atomic E-state index is -0.250. The van der Waals surface area contributed by atoms with Crippen LogP contribution in [-0.4, -0.2) is 20.3 Å². The lowest BCUT2D eigenvalue weighted by Gasteiger charge is -2.05. The predicted octanol–water partition coefficient (Wildman–Crippen LogP) is 3.83. The van der Waals surface area contributed by atoms with E-state index in [1.54, 1.807) is 24.5 Å². The number of nitriles is 1. The van der Waals surface area contributed by atoms with Gasteiger partial charge in [0.1, 0.15) is 17.4 Å². The third kappa shape index (κ3) is 3.39. The Balaban J connectivity index is 1.54. The Morgan fingerprint density at radius 2 is 1.89 bits per heavy atom. The van der Waals surface area contributed by atoms with Gasteiger partial charge in [-0.3, -0.25) is 9.78 Å². The summed E-state index contributed by atoms with van der Waals surface area (Å²) in [5.41, 5.74) is 5.12. The molecule has 4 aromatic rings. The quantitative estimate of drug-likeness (QED) is 0.607. The Labute approximate surface area is 155 Å². The Morgan fingerprint density at radius 3 is 2.59 bits per heavy atom. The van der Waals surface area contributed by atoms with Gasteiger partial charge in [0.2, 0.25) is 0 Å². The molecule has 27 heavy (non-hydrogen) atoms. The molecule has 4 rings (SSSR count). The van der Waals surface area contributed by atoms with E-state index >= 15 is 0 Å². The van der Waals surface area contributed by atoms with Crippen LogP contribution in [0.1, 0.15) is 21.6 Å². The summed E-state index contributed by atoms with van der Waals surface area (Å²) < 4.78 is 1.83. The molecule has 0 bridgehead atoms. The van der Waals surface area contributed by atoms with Crippen LogP contribution in [0.15, 0.2) is 67.1 Å². The number of hydrogen-bond acceptors (Lipinski definition) is 4. The number of benzene rings is 1. The molecule has 0 aliphatic carbocycles. The number of nitrogens with zero attached hydrogens (tertiary/aromatic N) is 4. The lowest BCUT2D eigenvalue weighted by molar-refractivity contribution is 0.102. The molecule has 0 unspecified atom stereocenters. The Bertz CT molecular complexity index is 1170. The maximum atomic E-state index is 12.2. The Morgan fingerprint density at radius 1 is 1.07 bits per heavy atom. The van der Waals surface area contributed by atoms with E-state index in [4.69, 9.17) is 5.26 Å². The van der Waals surface area contributed by atoms with E-state index in [0.29, 0.717) is 16.9 Å². The van der Waals surface area contributed by atoms with Crippen molar-refractivity contribution in [3.8, 4) is 17.3 Å². The normalized spacial score (nSPS) is 10.5. The topological polar surface area (TPSA) is 83.1 Å². The maximum absolute atomic E-state index is 12.2. The van der Waals surface area contributed by atoms with Crippen LogP contribution in [0.5, 0.6) is 0 Å². The molecule has 6 nitrogen and oxygen atoms in total. The van der Waals surface area contributed by atoms with Crippen molar-refractivity contribution < 1.29 is 4.79 Å². The number of hydrogen-bond donors (Lipinski definition) is 1. The van der Waals surface area contributed by atoms with Crippen LogP contribution in [0, 0.1) is 18.3 Å². The highest BCUT2D eigenvalue weighted by Gasteiger charge is 2.09. The summed E-state index contributed by atoms with van der Waals surface area (Å²) in [5.74, 6) is -0.250. The molecule has 0 radical (unpaired) electrons. The molecule has 0 spiro atoms. The molecule has 6 heteroatoms. The molecular weight excluding hydrogens is 338 g/mol. The third-order valence-corrected chi connectivity index (χ3v) is 4.16. The number of pyridine rings is 2. The van der Waals surface area contributed by atoms with Gasteiger partial charge in [0.05, 0.1) is 11.3 Å². The van der Waals surface area contributed by atoms with Gasteiger partial charge in [-0.2, -0.15) is 5.26 Å². The number of aryl methyl sites for hydroxylation is 1. The number of imidazole rings is 1. The largest absolute Gasteiger partial charge is 0.321 e. The minimum absolute atomic E-state index is 0.250. The number of amides is 1. The summed E-state index contributed by atoms with van der Waals surface area (Å²) in [6.07, 6.45) is 5.29. The van der Waals surface area contributed by atoms with E-state index in [-0.39, 0.29) is 5.91 Å². The van der Waals surface area contributed by atoms with E-state index in [2.05, 4.69) is 21.4 Å². The second kappa shape index (κ2) is 6.73. The lowest BCUT2D eigenvalue weighted by atomic mass is 10.1. The second-order valence-corrected chi connectivity index (χ2v) is 6.17. The average Bonchev–Trinajstić information content (AvgIpc) is 3.12. The van der Waals surface area contributed by atoms with E-state index in [1.807, 2.05) is 53.9 Å². The van der Waals surface area contributed by atoms with Crippen LogP contribution < -0.4 is 5.32 Å². The summed E-state index contributed by atoms with van der Waals surface area (Å²) in [5, 5.41) is 11.8. The van der Waals surface area contributed by atoms with Crippen LogP contribution in [-0.2, 0) is 0 Å². The monoisotopic (exact) mass is 353 g/mol. The molecule has 0 saturated heterocycles. The zero-order valence-electron chi connectivity index (χ0n) is 14.5. The summed E-state index contributed by atoms with van der Waals surface area (Å²) >= 11 is 0. The maximum Gasteiger partial charge on any atom is 0.274 e. The first-order valence-corrected chi connectivity index (χ1v) is 8.36. The fraction of sp³-hybridized carbons (Fsp3) is 0.0476. The van der Waals surface area contributed by atoms with Gasteiger partial charge in [0.25, 0.3) is 5.91 Å². The van der Waals surface area contributed by atoms with Crippen molar-refractivity contribution in [1.29, 1.82) is 5.26 Å². The van der Waals surface area contributed by atoms with Crippen LogP contribution in [0.3, 0.4) is 0 Å². The molecule has 0 saturated carbocycles. The molecule has 0 atom stereocenters. The van der Waals surface area contributed by atoms with Crippen LogP contribution in [0.25, 0.3) is 16.9 Å². The van der Waals surface area contributed by atoms with Gasteiger partial charge in [0.15, 0.2) is 0 Å². The first-order chi connectivity index (χ1) is 13.1. The lowest BCUT2D eigenvalue weighted by Crippen LogP contribution is -2.13. The third-order valence-electron chi connectivity index (χ3n) is 4.16. The van der Waals surface area contributed by atoms with Gasteiger partial charge < -0.3 is 9.72 Å². The summed E-state index contributed by atoms with van der Waals surface area (Å²) in [4.78, 5) is 20.9. The van der Waals surface area contributed by atoms with Gasteiger partial charge in [-0.15, -0.1) is 0 Å². The van der Waals surface area contributed by atoms with E-state index in [0.717, 1.165) is 22.5 Å². The zero-order valence-corrected chi connectivity index (χ0v) is 14.5. The van der Waals surface area contributed by atoms with Crippen molar-refractivity contribution >= 4 is 17.2 Å². The number of carbonyl (C=O) groups is 1. The van der Waals surface area contributed by atoms with Crippen molar-refractivity contribution in [1.82, 2.24) is 14.4 Å². The van der Waals surface area contributed by atoms with Crippen LogP contribution in [0.4, 0.5) is 5.69 Å². The number of rotatable bonds is 3. The molecule has 1 amide bonds. The fourth-order valence-corrected chi connectivity index (χ4v) is 2.72. The Hall–Kier alpha value is -3.98. The van der Waals surface area contributed by atoms with Gasteiger partial charge in [-0.1, -0.05) is 18.2 Å². The number of aromatic nitrogens is 3. The molecule has 0 aliphatic rings. The summed E-state index contributed by atoms with van der Waals surface area (Å²) in [6, 6.07) is 16.7. The number of carbonyl (C=O) groups excluding carboxylic acids is 1. The van der Waals surface area contributed by atoms with Gasteiger partial charge in [-0.05, 0) is 42.8 Å². The summed E-state index contributed by atoms with van der Waals surface area (Å²) in [7, 11) is 0. The van der Waals surface area contributed by atoms with Gasteiger partial charge in [-0.25, -0.2) is 4.98 Å². The molecule has 130 valence electrons. The van der Waals surface area contributed by atoms with Crippen molar-refractivity contribution in [3.05, 3.63) is 83.9 Å². The molecule has 0 fully saturated rings.